The van der Waals surface area contributed by atoms with Crippen LogP contribution in [0.25, 0.3) is 0 Å². The number of methoxy groups -OCH3 is 1. The standard InChI is InChI=1S/C16H12BrClN2O4/c1-23-16(22)20-19-9-10-8-11(17)6-7-14(10)24-15(21)12-4-2-3-5-13(12)18/h2-9H,1H3,(H,20,22)/b19-9-. The van der Waals surface area contributed by atoms with Crippen LogP contribution in [-0.2, 0) is 4.74 Å². The molecule has 0 heterocycles. The molecule has 1 N–H and O–H groups in total. The average Bonchev–Trinajstić information content (AvgIpc) is 2.57. The van der Waals surface area contributed by atoms with Gasteiger partial charge in [-0.25, -0.2) is 15.0 Å². The van der Waals surface area contributed by atoms with Crippen LogP contribution in [0.15, 0.2) is 52.0 Å². The molecule has 0 unspecified atom stereocenters. The Hall–Kier alpha value is -2.38. The van der Waals surface area contributed by atoms with Crippen molar-refractivity contribution in [2.24, 2.45) is 5.10 Å². The molecule has 24 heavy (non-hydrogen) atoms. The number of benzene rings is 2. The maximum Gasteiger partial charge on any atom is 0.427 e. The lowest BCUT2D eigenvalue weighted by Crippen LogP contribution is -2.17. The van der Waals surface area contributed by atoms with Gasteiger partial charge in [0, 0.05) is 10.0 Å². The van der Waals surface area contributed by atoms with Gasteiger partial charge in [0.2, 0.25) is 0 Å². The molecule has 0 aromatic heterocycles. The molecule has 0 fully saturated rings. The van der Waals surface area contributed by atoms with Gasteiger partial charge in [-0.2, -0.15) is 5.10 Å². The largest absolute Gasteiger partial charge is 0.452 e. The predicted octanol–water partition coefficient (Wildman–Crippen LogP) is 4.01. The summed E-state index contributed by atoms with van der Waals surface area (Å²) in [5.74, 6) is -0.336. The lowest BCUT2D eigenvalue weighted by atomic mass is 10.2. The van der Waals surface area contributed by atoms with Crippen LogP contribution in [0.2, 0.25) is 5.02 Å². The first-order valence-corrected chi connectivity index (χ1v) is 7.81. The number of ether oxygens (including phenoxy) is 2. The smallest absolute Gasteiger partial charge is 0.427 e. The van der Waals surface area contributed by atoms with E-state index >= 15 is 0 Å². The van der Waals surface area contributed by atoms with Crippen LogP contribution in [0.5, 0.6) is 5.75 Å². The highest BCUT2D eigenvalue weighted by atomic mass is 79.9. The van der Waals surface area contributed by atoms with E-state index in [1.54, 1.807) is 42.5 Å². The summed E-state index contributed by atoms with van der Waals surface area (Å²) in [5.41, 5.74) is 2.87. The van der Waals surface area contributed by atoms with Crippen molar-refractivity contribution >= 4 is 45.8 Å². The summed E-state index contributed by atoms with van der Waals surface area (Å²) in [6.07, 6.45) is 0.618. The zero-order valence-corrected chi connectivity index (χ0v) is 14.8. The Balaban J connectivity index is 2.22. The molecule has 0 radical (unpaired) electrons. The lowest BCUT2D eigenvalue weighted by Gasteiger charge is -2.09. The van der Waals surface area contributed by atoms with Gasteiger partial charge in [0.25, 0.3) is 0 Å². The highest BCUT2D eigenvalue weighted by Gasteiger charge is 2.14. The minimum atomic E-state index is -0.712. The van der Waals surface area contributed by atoms with Gasteiger partial charge in [0.05, 0.1) is 23.9 Å². The molecule has 0 aliphatic carbocycles. The number of nitrogens with zero attached hydrogens (tertiary/aromatic N) is 1. The normalized spacial score (nSPS) is 10.5. The summed E-state index contributed by atoms with van der Waals surface area (Å²) in [4.78, 5) is 23.2. The Labute approximate surface area is 151 Å². The van der Waals surface area contributed by atoms with Gasteiger partial charge in [-0.3, -0.25) is 0 Å². The number of hydrazone groups is 1. The fraction of sp³-hybridized carbons (Fsp3) is 0.0625. The molecular weight excluding hydrogens is 400 g/mol. The van der Waals surface area contributed by atoms with Crippen LogP contribution in [0, 0.1) is 0 Å². The first-order chi connectivity index (χ1) is 11.5. The van der Waals surface area contributed by atoms with Crippen LogP contribution in [0.3, 0.4) is 0 Å². The topological polar surface area (TPSA) is 77.0 Å². The third-order valence-corrected chi connectivity index (χ3v) is 3.64. The monoisotopic (exact) mass is 410 g/mol. The molecule has 0 atom stereocenters. The third-order valence-electron chi connectivity index (χ3n) is 2.81. The summed E-state index contributed by atoms with van der Waals surface area (Å²) in [6, 6.07) is 11.6. The first-order valence-electron chi connectivity index (χ1n) is 6.64. The van der Waals surface area contributed by atoms with E-state index in [1.165, 1.54) is 13.3 Å². The molecule has 1 amide bonds. The highest BCUT2D eigenvalue weighted by molar-refractivity contribution is 9.10. The Kier molecular flexibility index (Phi) is 6.34. The Morgan fingerprint density at radius 2 is 2.00 bits per heavy atom. The minimum absolute atomic E-state index is 0.248. The van der Waals surface area contributed by atoms with E-state index in [1.807, 2.05) is 0 Å². The second-order valence-electron chi connectivity index (χ2n) is 4.41. The minimum Gasteiger partial charge on any atom is -0.452 e. The third kappa shape index (κ3) is 4.81. The highest BCUT2D eigenvalue weighted by Crippen LogP contribution is 2.24. The Morgan fingerprint density at radius 3 is 2.71 bits per heavy atom. The van der Waals surface area contributed by atoms with E-state index in [2.05, 4.69) is 31.2 Å². The van der Waals surface area contributed by atoms with E-state index in [9.17, 15) is 9.59 Å². The van der Waals surface area contributed by atoms with Gasteiger partial charge in [-0.15, -0.1) is 0 Å². The van der Waals surface area contributed by atoms with Crippen molar-refractivity contribution in [3.63, 3.8) is 0 Å². The quantitative estimate of drug-likeness (QED) is 0.357. The van der Waals surface area contributed by atoms with Gasteiger partial charge in [0.15, 0.2) is 0 Å². The summed E-state index contributed by atoms with van der Waals surface area (Å²) >= 11 is 9.31. The second kappa shape index (κ2) is 8.47. The van der Waals surface area contributed by atoms with Crippen molar-refractivity contribution < 1.29 is 19.1 Å². The zero-order chi connectivity index (χ0) is 17.5. The molecule has 2 aromatic rings. The number of hydrogen-bond donors (Lipinski definition) is 1. The molecule has 8 heteroatoms. The molecule has 0 saturated heterocycles. The molecule has 0 spiro atoms. The van der Waals surface area contributed by atoms with Crippen molar-refractivity contribution in [3.05, 3.63) is 63.1 Å². The summed E-state index contributed by atoms with van der Waals surface area (Å²) in [6.45, 7) is 0. The second-order valence-corrected chi connectivity index (χ2v) is 5.74. The molecule has 0 aliphatic rings. The van der Waals surface area contributed by atoms with Gasteiger partial charge in [-0.1, -0.05) is 39.7 Å². The van der Waals surface area contributed by atoms with Gasteiger partial charge in [-0.05, 0) is 30.3 Å². The van der Waals surface area contributed by atoms with Crippen LogP contribution >= 0.6 is 27.5 Å². The maximum atomic E-state index is 12.2. The number of rotatable bonds is 4. The number of amides is 1. The summed E-state index contributed by atoms with van der Waals surface area (Å²) in [5, 5.41) is 4.02. The molecule has 0 saturated carbocycles. The molecule has 0 aliphatic heterocycles. The van der Waals surface area contributed by atoms with Crippen LogP contribution in [0.4, 0.5) is 4.79 Å². The number of carbonyl (C=O) groups excluding carboxylic acids is 2. The molecular formula is C16H12BrClN2O4. The first kappa shape index (κ1) is 18.0. The van der Waals surface area contributed by atoms with Crippen molar-refractivity contribution in [2.45, 2.75) is 0 Å². The number of nitrogens with one attached hydrogen (secondary N) is 1. The molecule has 2 rings (SSSR count). The SMILES string of the molecule is COC(=O)N/N=C\c1cc(Br)ccc1OC(=O)c1ccccc1Cl. The number of carbonyl (C=O) groups is 2. The number of hydrogen-bond acceptors (Lipinski definition) is 5. The molecule has 124 valence electrons. The van der Waals surface area contributed by atoms with Crippen LogP contribution in [0.1, 0.15) is 15.9 Å². The van der Waals surface area contributed by atoms with Gasteiger partial charge < -0.3 is 9.47 Å². The van der Waals surface area contributed by atoms with Crippen LogP contribution in [-0.4, -0.2) is 25.4 Å². The summed E-state index contributed by atoms with van der Waals surface area (Å²) in [7, 11) is 1.22. The van der Waals surface area contributed by atoms with Crippen molar-refractivity contribution in [1.82, 2.24) is 5.43 Å². The maximum absolute atomic E-state index is 12.2. The van der Waals surface area contributed by atoms with Crippen LogP contribution < -0.4 is 10.2 Å². The van der Waals surface area contributed by atoms with E-state index in [0.717, 1.165) is 4.47 Å². The predicted molar refractivity (Wildman–Crippen MR) is 93.7 cm³/mol. The Morgan fingerprint density at radius 1 is 1.25 bits per heavy atom. The summed E-state index contributed by atoms with van der Waals surface area (Å²) < 4.78 is 10.5. The van der Waals surface area contributed by atoms with E-state index in [0.29, 0.717) is 10.6 Å². The number of esters is 1. The number of halogens is 2. The Bertz CT molecular complexity index is 795. The molecule has 0 bridgehead atoms. The van der Waals surface area contributed by atoms with Gasteiger partial charge in [0.1, 0.15) is 5.75 Å². The van der Waals surface area contributed by atoms with Crippen molar-refractivity contribution in [3.8, 4) is 5.75 Å². The van der Waals surface area contributed by atoms with E-state index in [4.69, 9.17) is 16.3 Å². The molecule has 2 aromatic carbocycles. The average molecular weight is 412 g/mol. The van der Waals surface area contributed by atoms with Crippen molar-refractivity contribution in [2.75, 3.05) is 7.11 Å². The fourth-order valence-corrected chi connectivity index (χ4v) is 2.29. The van der Waals surface area contributed by atoms with E-state index in [-0.39, 0.29) is 11.3 Å². The molecule has 6 nitrogen and oxygen atoms in total. The lowest BCUT2D eigenvalue weighted by molar-refractivity contribution is 0.0734. The van der Waals surface area contributed by atoms with Crippen molar-refractivity contribution in [1.29, 1.82) is 0 Å². The zero-order valence-electron chi connectivity index (χ0n) is 12.5. The fourth-order valence-electron chi connectivity index (χ4n) is 1.69. The van der Waals surface area contributed by atoms with E-state index < -0.39 is 12.1 Å². The van der Waals surface area contributed by atoms with Gasteiger partial charge >= 0.3 is 12.1 Å².